The Hall–Kier alpha value is -1.75. The van der Waals surface area contributed by atoms with E-state index in [0.29, 0.717) is 18.5 Å². The predicted molar refractivity (Wildman–Crippen MR) is 78.3 cm³/mol. The maximum atomic E-state index is 11.5. The van der Waals surface area contributed by atoms with Gasteiger partial charge in [0.1, 0.15) is 5.75 Å². The van der Waals surface area contributed by atoms with E-state index in [1.165, 1.54) is 11.3 Å². The number of carbonyl (C=O) groups is 1. The Labute approximate surface area is 119 Å². The van der Waals surface area contributed by atoms with Crippen LogP contribution in [0, 0.1) is 0 Å². The number of nitrogens with one attached hydrogen (secondary N) is 2. The fraction of sp³-hybridized carbons (Fsp3) is 0.533. The van der Waals surface area contributed by atoms with Crippen molar-refractivity contribution >= 4 is 11.8 Å². The van der Waals surface area contributed by atoms with Gasteiger partial charge in [-0.15, -0.1) is 0 Å². The summed E-state index contributed by atoms with van der Waals surface area (Å²) in [5.41, 5.74) is 2.56. The average Bonchev–Trinajstić information content (AvgIpc) is 2.88. The molecule has 108 valence electrons. The monoisotopic (exact) mass is 275 g/mol. The molecule has 20 heavy (non-hydrogen) atoms. The van der Waals surface area contributed by atoms with E-state index in [4.69, 9.17) is 4.74 Å². The smallest absolute Gasteiger partial charge is 0.410 e. The van der Waals surface area contributed by atoms with E-state index < -0.39 is 6.09 Å². The Kier molecular flexibility index (Phi) is 3.09. The Bertz CT molecular complexity index is 546. The molecule has 5 nitrogen and oxygen atoms in total. The van der Waals surface area contributed by atoms with Crippen molar-refractivity contribution in [3.63, 3.8) is 0 Å². The number of hydrogen-bond donors (Lipinski definition) is 2. The third-order valence-corrected chi connectivity index (χ3v) is 4.47. The molecule has 1 fully saturated rings. The minimum absolute atomic E-state index is 0.0880. The van der Waals surface area contributed by atoms with Crippen molar-refractivity contribution in [1.29, 1.82) is 0 Å². The Morgan fingerprint density at radius 1 is 1.60 bits per heavy atom. The zero-order chi connectivity index (χ0) is 14.3. The zero-order valence-corrected chi connectivity index (χ0v) is 12.2. The molecule has 1 amide bonds. The maximum Gasteiger partial charge on any atom is 0.412 e. The number of carbonyl (C=O) groups excluding carboxylic acids is 1. The molecule has 5 heteroatoms. The molecule has 0 bridgehead atoms. The first-order chi connectivity index (χ1) is 9.56. The second kappa shape index (κ2) is 4.66. The van der Waals surface area contributed by atoms with Crippen LogP contribution in [0.25, 0.3) is 0 Å². The van der Waals surface area contributed by atoms with Crippen LogP contribution in [0.1, 0.15) is 25.8 Å². The molecular weight excluding hydrogens is 254 g/mol. The quantitative estimate of drug-likeness (QED) is 0.864. The molecule has 1 saturated heterocycles. The molecule has 2 atom stereocenters. The summed E-state index contributed by atoms with van der Waals surface area (Å²) in [4.78, 5) is 13.8. The van der Waals surface area contributed by atoms with E-state index in [1.54, 1.807) is 0 Å². The van der Waals surface area contributed by atoms with Gasteiger partial charge in [-0.2, -0.15) is 0 Å². The first kappa shape index (κ1) is 13.2. The van der Waals surface area contributed by atoms with Crippen LogP contribution in [0.2, 0.25) is 0 Å². The molecule has 3 rings (SSSR count). The maximum absolute atomic E-state index is 11.5. The predicted octanol–water partition coefficient (Wildman–Crippen LogP) is 1.82. The van der Waals surface area contributed by atoms with E-state index in [2.05, 4.69) is 29.5 Å². The molecule has 0 aromatic heterocycles. The highest BCUT2D eigenvalue weighted by molar-refractivity contribution is 5.72. The topological polar surface area (TPSA) is 53.6 Å². The van der Waals surface area contributed by atoms with Crippen molar-refractivity contribution in [3.8, 4) is 5.75 Å². The minimum Gasteiger partial charge on any atom is -0.410 e. The molecule has 0 radical (unpaired) electrons. The fourth-order valence-corrected chi connectivity index (χ4v) is 3.45. The Morgan fingerprint density at radius 2 is 2.40 bits per heavy atom. The van der Waals surface area contributed by atoms with Crippen LogP contribution in [-0.4, -0.2) is 32.4 Å². The van der Waals surface area contributed by atoms with E-state index in [1.807, 2.05) is 25.1 Å². The summed E-state index contributed by atoms with van der Waals surface area (Å²) in [5.74, 6) is 0.608. The highest BCUT2D eigenvalue weighted by atomic mass is 16.6. The number of benzene rings is 1. The molecule has 0 aliphatic carbocycles. The van der Waals surface area contributed by atoms with Crippen LogP contribution in [0.4, 0.5) is 10.5 Å². The number of rotatable bonds is 2. The molecule has 2 aliphatic heterocycles. The van der Waals surface area contributed by atoms with E-state index >= 15 is 0 Å². The van der Waals surface area contributed by atoms with Crippen LogP contribution in [0.15, 0.2) is 18.2 Å². The van der Waals surface area contributed by atoms with Gasteiger partial charge in [-0.05, 0) is 43.7 Å². The second-order valence-electron chi connectivity index (χ2n) is 5.73. The summed E-state index contributed by atoms with van der Waals surface area (Å²) in [5, 5.41) is 6.18. The highest BCUT2D eigenvalue weighted by Gasteiger charge is 2.49. The van der Waals surface area contributed by atoms with Gasteiger partial charge in [0.15, 0.2) is 0 Å². The van der Waals surface area contributed by atoms with Crippen LogP contribution in [-0.2, 0) is 5.41 Å². The van der Waals surface area contributed by atoms with Gasteiger partial charge in [-0.25, -0.2) is 4.79 Å². The number of amides is 1. The molecular formula is C15H21N3O2. The van der Waals surface area contributed by atoms with Gasteiger partial charge in [0, 0.05) is 24.7 Å². The lowest BCUT2D eigenvalue weighted by Gasteiger charge is -2.27. The second-order valence-corrected chi connectivity index (χ2v) is 5.73. The molecule has 0 spiro atoms. The lowest BCUT2D eigenvalue weighted by molar-refractivity contribution is 0.201. The lowest BCUT2D eigenvalue weighted by Crippen LogP contribution is -2.44. The van der Waals surface area contributed by atoms with Crippen molar-refractivity contribution in [2.24, 2.45) is 0 Å². The summed E-state index contributed by atoms with van der Waals surface area (Å²) in [6.07, 6.45) is 1.03. The number of fused-ring (bicyclic) bond motifs is 3. The van der Waals surface area contributed by atoms with Gasteiger partial charge < -0.3 is 15.0 Å². The van der Waals surface area contributed by atoms with Gasteiger partial charge in [-0.3, -0.25) is 5.32 Å². The molecule has 2 aliphatic rings. The third kappa shape index (κ3) is 1.85. The lowest BCUT2D eigenvalue weighted by atomic mass is 9.81. The fourth-order valence-electron chi connectivity index (χ4n) is 3.45. The molecule has 1 aromatic rings. The first-order valence-electron chi connectivity index (χ1n) is 7.12. The van der Waals surface area contributed by atoms with Crippen molar-refractivity contribution in [3.05, 3.63) is 23.8 Å². The first-order valence-corrected chi connectivity index (χ1v) is 7.12. The van der Waals surface area contributed by atoms with Crippen LogP contribution >= 0.6 is 0 Å². The van der Waals surface area contributed by atoms with Crippen molar-refractivity contribution < 1.29 is 9.53 Å². The summed E-state index contributed by atoms with van der Waals surface area (Å²) >= 11 is 0. The van der Waals surface area contributed by atoms with E-state index in [0.717, 1.165) is 13.0 Å². The van der Waals surface area contributed by atoms with Gasteiger partial charge in [-0.1, -0.05) is 6.92 Å². The largest absolute Gasteiger partial charge is 0.412 e. The number of nitrogens with zero attached hydrogens (tertiary/aromatic N) is 1. The molecule has 2 N–H and O–H groups in total. The standard InChI is InChI=1S/C15H21N3O2/c1-4-16-14(19)20-10-5-6-12-11(9-10)15(2)7-8-17-13(15)18(12)3/h5-6,9,13,17H,4,7-8H2,1-3H3,(H,16,19). The van der Waals surface area contributed by atoms with Crippen molar-refractivity contribution in [2.75, 3.05) is 25.0 Å². The summed E-state index contributed by atoms with van der Waals surface area (Å²) < 4.78 is 5.32. The van der Waals surface area contributed by atoms with Crippen LogP contribution in [0.5, 0.6) is 5.75 Å². The van der Waals surface area contributed by atoms with Gasteiger partial charge in [0.05, 0.1) is 6.17 Å². The third-order valence-electron chi connectivity index (χ3n) is 4.47. The van der Waals surface area contributed by atoms with Crippen LogP contribution in [0.3, 0.4) is 0 Å². The van der Waals surface area contributed by atoms with Gasteiger partial charge >= 0.3 is 6.09 Å². The molecule has 0 saturated carbocycles. The summed E-state index contributed by atoms with van der Waals surface area (Å²) in [7, 11) is 2.11. The van der Waals surface area contributed by atoms with Crippen molar-refractivity contribution in [1.82, 2.24) is 10.6 Å². The molecule has 2 heterocycles. The van der Waals surface area contributed by atoms with Crippen LogP contribution < -0.4 is 20.3 Å². The Balaban J connectivity index is 1.92. The summed E-state index contributed by atoms with van der Waals surface area (Å²) in [6, 6.07) is 5.90. The molecule has 2 unspecified atom stereocenters. The number of ether oxygens (including phenoxy) is 1. The number of hydrogen-bond acceptors (Lipinski definition) is 4. The number of likely N-dealkylation sites (N-methyl/N-ethyl adjacent to an activating group) is 1. The van der Waals surface area contributed by atoms with E-state index in [-0.39, 0.29) is 5.41 Å². The molecule has 1 aromatic carbocycles. The Morgan fingerprint density at radius 3 is 3.15 bits per heavy atom. The van der Waals surface area contributed by atoms with Gasteiger partial charge in [0.25, 0.3) is 0 Å². The van der Waals surface area contributed by atoms with Gasteiger partial charge in [0.2, 0.25) is 0 Å². The highest BCUT2D eigenvalue weighted by Crippen LogP contribution is 2.49. The average molecular weight is 275 g/mol. The van der Waals surface area contributed by atoms with E-state index in [9.17, 15) is 4.79 Å². The SMILES string of the molecule is CCNC(=O)Oc1ccc2c(c1)C1(C)CCNC1N2C. The number of anilines is 1. The summed E-state index contributed by atoms with van der Waals surface area (Å²) in [6.45, 7) is 5.73. The normalized spacial score (nSPS) is 27.1. The van der Waals surface area contributed by atoms with Crippen molar-refractivity contribution in [2.45, 2.75) is 31.8 Å². The minimum atomic E-state index is -0.398. The zero-order valence-electron chi connectivity index (χ0n) is 12.2.